The van der Waals surface area contributed by atoms with Gasteiger partial charge in [-0.3, -0.25) is 0 Å². The van der Waals surface area contributed by atoms with E-state index in [1.54, 1.807) is 0 Å². The molecule has 1 heterocycles. The minimum absolute atomic E-state index is 0.424. The van der Waals surface area contributed by atoms with Gasteiger partial charge in [0.2, 0.25) is 5.69 Å². The number of nitrogens with zero attached hydrogens (tertiary/aromatic N) is 1. The molecule has 0 spiro atoms. The predicted molar refractivity (Wildman–Crippen MR) is 109 cm³/mol. The summed E-state index contributed by atoms with van der Waals surface area (Å²) in [7, 11) is 2.10. The zero-order valence-corrected chi connectivity index (χ0v) is 15.8. The highest BCUT2D eigenvalue weighted by molar-refractivity contribution is 5.73. The molecule has 0 aliphatic heterocycles. The number of benzene rings is 2. The van der Waals surface area contributed by atoms with E-state index in [1.807, 2.05) is 0 Å². The molecule has 1 fully saturated rings. The van der Waals surface area contributed by atoms with E-state index in [0.717, 1.165) is 12.8 Å². The Morgan fingerprint density at radius 1 is 0.885 bits per heavy atom. The fourth-order valence-electron chi connectivity index (χ4n) is 4.03. The van der Waals surface area contributed by atoms with Gasteiger partial charge in [0.15, 0.2) is 6.20 Å². The van der Waals surface area contributed by atoms with Crippen molar-refractivity contribution in [3.8, 4) is 22.4 Å². The summed E-state index contributed by atoms with van der Waals surface area (Å²) in [5.41, 5.74) is 7.35. The van der Waals surface area contributed by atoms with E-state index in [4.69, 9.17) is 1.37 Å². The van der Waals surface area contributed by atoms with E-state index in [-0.39, 0.29) is 0 Å². The van der Waals surface area contributed by atoms with Crippen molar-refractivity contribution < 1.29 is 5.94 Å². The molecule has 1 heteroatoms. The number of aryl methyl sites for hydroxylation is 2. The molecule has 0 bridgehead atoms. The topological polar surface area (TPSA) is 3.88 Å². The van der Waals surface area contributed by atoms with Crippen LogP contribution in [0.4, 0.5) is 0 Å². The van der Waals surface area contributed by atoms with E-state index >= 15 is 0 Å². The van der Waals surface area contributed by atoms with Crippen LogP contribution in [0.5, 0.6) is 0 Å². The van der Waals surface area contributed by atoms with Gasteiger partial charge in [0, 0.05) is 19.1 Å². The maximum absolute atomic E-state index is 9.01. The van der Waals surface area contributed by atoms with Crippen molar-refractivity contribution in [3.63, 3.8) is 0 Å². The maximum Gasteiger partial charge on any atom is 0.212 e. The standard InChI is InChI=1S/C25H28N/c1-19-13-14-22(20-9-5-3-6-10-20)17-24(19)25-18-23(15-16-26(25)2)21-11-7-4-8-12-21/h3,5-6,9-10,13-18,21H,4,7-8,11-12H2,1-2H3/q+1/i21D. The lowest BCUT2D eigenvalue weighted by Gasteiger charge is -2.22. The van der Waals surface area contributed by atoms with Crippen LogP contribution in [-0.2, 0) is 7.05 Å². The normalized spacial score (nSPS) is 16.9. The predicted octanol–water partition coefficient (Wildman–Crippen LogP) is 6.20. The van der Waals surface area contributed by atoms with Crippen LogP contribution in [0.2, 0.25) is 0 Å². The van der Waals surface area contributed by atoms with Gasteiger partial charge >= 0.3 is 0 Å². The van der Waals surface area contributed by atoms with Crippen molar-refractivity contribution >= 4 is 0 Å². The first-order chi connectivity index (χ1) is 13.1. The first-order valence-corrected chi connectivity index (χ1v) is 9.73. The first kappa shape index (κ1) is 15.8. The lowest BCUT2D eigenvalue weighted by Crippen LogP contribution is -2.31. The molecule has 0 amide bonds. The van der Waals surface area contributed by atoms with Crippen molar-refractivity contribution in [2.45, 2.75) is 44.9 Å². The summed E-state index contributed by atoms with van der Waals surface area (Å²) in [5.74, 6) is -0.424. The van der Waals surface area contributed by atoms with Crippen molar-refractivity contribution in [2.24, 2.45) is 7.05 Å². The van der Waals surface area contributed by atoms with Crippen LogP contribution >= 0.6 is 0 Å². The third kappa shape index (κ3) is 3.44. The highest BCUT2D eigenvalue weighted by atomic mass is 14.9. The summed E-state index contributed by atoms with van der Waals surface area (Å²) >= 11 is 0. The second kappa shape index (κ2) is 7.45. The Bertz CT molecular complexity index is 940. The van der Waals surface area contributed by atoms with Crippen molar-refractivity contribution in [3.05, 3.63) is 78.0 Å². The zero-order valence-electron chi connectivity index (χ0n) is 16.8. The van der Waals surface area contributed by atoms with E-state index < -0.39 is 5.89 Å². The maximum atomic E-state index is 9.01. The minimum Gasteiger partial charge on any atom is -0.201 e. The molecule has 2 aromatic carbocycles. The Hall–Kier alpha value is -2.41. The van der Waals surface area contributed by atoms with Crippen LogP contribution in [-0.4, -0.2) is 0 Å². The third-order valence-corrected chi connectivity index (χ3v) is 5.64. The molecular weight excluding hydrogens is 314 g/mol. The van der Waals surface area contributed by atoms with Crippen LogP contribution in [0.1, 0.15) is 50.5 Å². The fourth-order valence-corrected chi connectivity index (χ4v) is 4.03. The van der Waals surface area contributed by atoms with Crippen molar-refractivity contribution in [2.75, 3.05) is 0 Å². The van der Waals surface area contributed by atoms with E-state index in [1.165, 1.54) is 52.8 Å². The van der Waals surface area contributed by atoms with Gasteiger partial charge in [-0.1, -0.05) is 61.7 Å². The number of rotatable bonds is 3. The summed E-state index contributed by atoms with van der Waals surface area (Å²) in [4.78, 5) is 0. The van der Waals surface area contributed by atoms with Gasteiger partial charge in [-0.15, -0.1) is 0 Å². The molecule has 4 rings (SSSR count). The van der Waals surface area contributed by atoms with Gasteiger partial charge in [0.1, 0.15) is 7.05 Å². The molecule has 1 aliphatic rings. The van der Waals surface area contributed by atoms with Crippen LogP contribution in [0.25, 0.3) is 22.4 Å². The quantitative estimate of drug-likeness (QED) is 0.498. The minimum atomic E-state index is -0.424. The van der Waals surface area contributed by atoms with Crippen molar-refractivity contribution in [1.29, 1.82) is 0 Å². The highest BCUT2D eigenvalue weighted by Crippen LogP contribution is 2.34. The number of hydrogen-bond acceptors (Lipinski definition) is 0. The van der Waals surface area contributed by atoms with E-state index in [2.05, 4.69) is 85.4 Å². The van der Waals surface area contributed by atoms with Crippen LogP contribution in [0.15, 0.2) is 66.9 Å². The SMILES string of the molecule is [2H]C1(c2cc[n+](C)c(-c3cc(-c4ccccc4)ccc3C)c2)CCCCC1. The van der Waals surface area contributed by atoms with Crippen molar-refractivity contribution in [1.82, 2.24) is 0 Å². The molecule has 1 aliphatic carbocycles. The van der Waals surface area contributed by atoms with Gasteiger partial charge < -0.3 is 0 Å². The van der Waals surface area contributed by atoms with E-state index in [0.29, 0.717) is 0 Å². The molecule has 1 saturated carbocycles. The summed E-state index contributed by atoms with van der Waals surface area (Å²) < 4.78 is 11.2. The van der Waals surface area contributed by atoms with Gasteiger partial charge in [-0.05, 0) is 54.0 Å². The summed E-state index contributed by atoms with van der Waals surface area (Å²) in [6, 6.07) is 21.7. The average Bonchev–Trinajstić information content (AvgIpc) is 2.70. The molecule has 1 nitrogen and oxygen atoms in total. The molecule has 0 atom stereocenters. The number of pyridine rings is 1. The monoisotopic (exact) mass is 343 g/mol. The summed E-state index contributed by atoms with van der Waals surface area (Å²) in [6.07, 6.45) is 7.69. The molecular formula is C25H28N+. The molecule has 0 N–H and O–H groups in total. The lowest BCUT2D eigenvalue weighted by atomic mass is 9.84. The molecule has 1 aromatic heterocycles. The summed E-state index contributed by atoms with van der Waals surface area (Å²) in [6.45, 7) is 2.17. The van der Waals surface area contributed by atoms with Gasteiger partial charge in [-0.2, -0.15) is 0 Å². The highest BCUT2D eigenvalue weighted by Gasteiger charge is 2.20. The smallest absolute Gasteiger partial charge is 0.201 e. The Morgan fingerprint density at radius 3 is 2.42 bits per heavy atom. The Balaban J connectivity index is 1.80. The Kier molecular flexibility index (Phi) is 4.53. The molecule has 0 radical (unpaired) electrons. The number of hydrogen-bond donors (Lipinski definition) is 0. The van der Waals surface area contributed by atoms with Crippen LogP contribution < -0.4 is 4.57 Å². The molecule has 0 unspecified atom stereocenters. The first-order valence-electron chi connectivity index (χ1n) is 10.2. The molecule has 3 aromatic rings. The van der Waals surface area contributed by atoms with Gasteiger partial charge in [-0.25, -0.2) is 4.57 Å². The fraction of sp³-hybridized carbons (Fsp3) is 0.320. The van der Waals surface area contributed by atoms with E-state index in [9.17, 15) is 0 Å². The Morgan fingerprint density at radius 2 is 1.65 bits per heavy atom. The molecule has 132 valence electrons. The van der Waals surface area contributed by atoms with Gasteiger partial charge in [0.05, 0.1) is 0 Å². The average molecular weight is 344 g/mol. The number of aromatic nitrogens is 1. The second-order valence-corrected chi connectivity index (χ2v) is 7.47. The third-order valence-electron chi connectivity index (χ3n) is 5.64. The second-order valence-electron chi connectivity index (χ2n) is 7.47. The zero-order chi connectivity index (χ0) is 18.9. The largest absolute Gasteiger partial charge is 0.212 e. The summed E-state index contributed by atoms with van der Waals surface area (Å²) in [5, 5.41) is 0. The Labute approximate surface area is 158 Å². The van der Waals surface area contributed by atoms with Crippen LogP contribution in [0.3, 0.4) is 0 Å². The lowest BCUT2D eigenvalue weighted by molar-refractivity contribution is -0.660. The molecule has 26 heavy (non-hydrogen) atoms. The van der Waals surface area contributed by atoms with Gasteiger partial charge in [0.25, 0.3) is 0 Å². The van der Waals surface area contributed by atoms with Crippen LogP contribution in [0, 0.1) is 6.92 Å². The molecule has 0 saturated heterocycles.